The summed E-state index contributed by atoms with van der Waals surface area (Å²) in [5, 5.41) is 5.88. The molecule has 2 atom stereocenters. The fraction of sp³-hybridized carbons (Fsp3) is 0.500. The van der Waals surface area contributed by atoms with Crippen LogP contribution in [0.3, 0.4) is 0 Å². The maximum Gasteiger partial charge on any atom is 0.407 e. The summed E-state index contributed by atoms with van der Waals surface area (Å²) in [6, 6.07) is 20.0. The van der Waals surface area contributed by atoms with Gasteiger partial charge in [0.05, 0.1) is 0 Å². The highest BCUT2D eigenvalue weighted by Gasteiger charge is 2.32. The van der Waals surface area contributed by atoms with E-state index < -0.39 is 0 Å². The Morgan fingerprint density at radius 2 is 1.06 bits per heavy atom. The van der Waals surface area contributed by atoms with Gasteiger partial charge in [-0.25, -0.2) is 9.59 Å². The van der Waals surface area contributed by atoms with Crippen molar-refractivity contribution in [3.8, 4) is 0 Å². The third-order valence-electron chi connectivity index (χ3n) is 6.29. The smallest absolute Gasteiger partial charge is 0.407 e. The topological polar surface area (TPSA) is 76.7 Å². The lowest BCUT2D eigenvalue weighted by molar-refractivity contribution is 0.133. The molecule has 2 amide bonds. The maximum absolute atomic E-state index is 11.6. The van der Waals surface area contributed by atoms with Crippen molar-refractivity contribution in [3.63, 3.8) is 0 Å². The van der Waals surface area contributed by atoms with Crippen molar-refractivity contribution in [2.45, 2.75) is 77.7 Å². The lowest BCUT2D eigenvalue weighted by Gasteiger charge is -2.15. The Morgan fingerprint density at radius 1 is 0.706 bits per heavy atom. The number of carbonyl (C=O) groups excluding carboxylic acids is 2. The lowest BCUT2D eigenvalue weighted by atomic mass is 10.1. The van der Waals surface area contributed by atoms with Crippen LogP contribution in [0.1, 0.15) is 63.5 Å². The van der Waals surface area contributed by atoms with Crippen molar-refractivity contribution in [2.75, 3.05) is 0 Å². The highest BCUT2D eigenvalue weighted by molar-refractivity contribution is 5.68. The summed E-state index contributed by atoms with van der Waals surface area (Å²) >= 11 is 0. The molecule has 1 unspecified atom stereocenters. The zero-order chi connectivity index (χ0) is 24.2. The zero-order valence-corrected chi connectivity index (χ0v) is 20.4. The molecule has 0 spiro atoms. The Kier molecular flexibility index (Phi) is 10.3. The molecule has 2 aliphatic rings. The first-order valence-corrected chi connectivity index (χ1v) is 12.5. The summed E-state index contributed by atoms with van der Waals surface area (Å²) in [4.78, 5) is 23.2. The number of benzene rings is 2. The fourth-order valence-electron chi connectivity index (χ4n) is 3.94. The third-order valence-corrected chi connectivity index (χ3v) is 6.29. The number of hydrogen-bond donors (Lipinski definition) is 2. The molecule has 2 fully saturated rings. The van der Waals surface area contributed by atoms with E-state index in [1.54, 1.807) is 0 Å². The van der Waals surface area contributed by atoms with Crippen LogP contribution in [0.2, 0.25) is 0 Å². The van der Waals surface area contributed by atoms with Crippen LogP contribution in [0.5, 0.6) is 0 Å². The first-order valence-electron chi connectivity index (χ1n) is 12.5. The third kappa shape index (κ3) is 9.46. The number of nitrogens with one attached hydrogen (secondary N) is 2. The van der Waals surface area contributed by atoms with Crippen molar-refractivity contribution in [3.05, 3.63) is 71.8 Å². The Balaban J connectivity index is 0.000000191. The normalized spacial score (nSPS) is 16.3. The van der Waals surface area contributed by atoms with E-state index in [4.69, 9.17) is 9.47 Å². The molecule has 2 N–H and O–H groups in total. The predicted octanol–water partition coefficient (Wildman–Crippen LogP) is 6.20. The number of amides is 2. The molecule has 6 nitrogen and oxygen atoms in total. The molecule has 0 heterocycles. The van der Waals surface area contributed by atoms with Crippen molar-refractivity contribution in [1.29, 1.82) is 0 Å². The Morgan fingerprint density at radius 3 is 1.35 bits per heavy atom. The number of alkyl carbamates (subject to hydrolysis) is 2. The van der Waals surface area contributed by atoms with Gasteiger partial charge < -0.3 is 20.1 Å². The molecule has 0 saturated heterocycles. The van der Waals surface area contributed by atoms with Gasteiger partial charge in [-0.15, -0.1) is 0 Å². The van der Waals surface area contributed by atoms with Gasteiger partial charge in [-0.05, 0) is 61.5 Å². The summed E-state index contributed by atoms with van der Waals surface area (Å²) < 4.78 is 10.4. The summed E-state index contributed by atoms with van der Waals surface area (Å²) in [6.07, 6.45) is 6.29. The molecule has 184 valence electrons. The van der Waals surface area contributed by atoms with E-state index in [1.165, 1.54) is 25.7 Å². The van der Waals surface area contributed by atoms with Crippen LogP contribution in [-0.2, 0) is 22.7 Å². The van der Waals surface area contributed by atoms with Crippen LogP contribution in [0, 0.1) is 11.8 Å². The van der Waals surface area contributed by atoms with Crippen LogP contribution in [0.25, 0.3) is 0 Å². The minimum Gasteiger partial charge on any atom is -0.445 e. The molecule has 6 heteroatoms. The van der Waals surface area contributed by atoms with Crippen molar-refractivity contribution in [2.24, 2.45) is 11.8 Å². The Bertz CT molecular complexity index is 793. The summed E-state index contributed by atoms with van der Waals surface area (Å²) in [6.45, 7) is 4.88. The van der Waals surface area contributed by atoms with Crippen molar-refractivity contribution in [1.82, 2.24) is 10.6 Å². The monoisotopic (exact) mass is 466 g/mol. The summed E-state index contributed by atoms with van der Waals surface area (Å²) in [7, 11) is 0. The SMILES string of the molecule is CCC(NC(=O)OCc1ccccc1)C1CC1.CC[C@@H](NC(=O)OCc1ccccc1)C1CC1. The van der Waals surface area contributed by atoms with E-state index in [2.05, 4.69) is 24.5 Å². The van der Waals surface area contributed by atoms with Gasteiger partial charge in [0, 0.05) is 12.1 Å². The van der Waals surface area contributed by atoms with Crippen LogP contribution in [-0.4, -0.2) is 24.3 Å². The molecule has 2 aromatic carbocycles. The molecule has 34 heavy (non-hydrogen) atoms. The second-order valence-corrected chi connectivity index (χ2v) is 9.12. The zero-order valence-electron chi connectivity index (χ0n) is 20.4. The number of rotatable bonds is 10. The van der Waals surface area contributed by atoms with E-state index in [0.717, 1.165) is 24.0 Å². The molecular formula is C28H38N2O4. The standard InChI is InChI=1S/2C14H19NO2/c2*1-2-13(12-8-9-12)15-14(16)17-10-11-6-4-3-5-7-11/h2*3-7,12-13H,2,8-10H2,1H3,(H,15,16)/t13-;/m1./s1. The largest absolute Gasteiger partial charge is 0.445 e. The fourth-order valence-corrected chi connectivity index (χ4v) is 3.94. The van der Waals surface area contributed by atoms with Gasteiger partial charge in [-0.1, -0.05) is 74.5 Å². The number of ether oxygens (including phenoxy) is 2. The van der Waals surface area contributed by atoms with Gasteiger partial charge in [0.1, 0.15) is 13.2 Å². The van der Waals surface area contributed by atoms with E-state index in [-0.39, 0.29) is 12.2 Å². The van der Waals surface area contributed by atoms with Crippen LogP contribution in [0.15, 0.2) is 60.7 Å². The first kappa shape index (κ1) is 25.6. The highest BCUT2D eigenvalue weighted by Crippen LogP contribution is 2.34. The average molecular weight is 467 g/mol. The predicted molar refractivity (Wildman–Crippen MR) is 133 cm³/mol. The Labute approximate surface area is 203 Å². The van der Waals surface area contributed by atoms with Gasteiger partial charge in [0.15, 0.2) is 0 Å². The quantitative estimate of drug-likeness (QED) is 0.437. The second kappa shape index (κ2) is 13.6. The molecule has 0 aromatic heterocycles. The molecule has 0 aliphatic heterocycles. The maximum atomic E-state index is 11.6. The van der Waals surface area contributed by atoms with E-state index in [0.29, 0.717) is 37.1 Å². The molecule has 0 radical (unpaired) electrons. The van der Waals surface area contributed by atoms with Crippen LogP contribution >= 0.6 is 0 Å². The first-order chi connectivity index (χ1) is 16.6. The van der Waals surface area contributed by atoms with E-state index >= 15 is 0 Å². The molecule has 4 rings (SSSR count). The van der Waals surface area contributed by atoms with E-state index in [9.17, 15) is 9.59 Å². The lowest BCUT2D eigenvalue weighted by Crippen LogP contribution is -2.36. The average Bonchev–Trinajstić information content (AvgIpc) is 3.78. The molecule has 2 saturated carbocycles. The van der Waals surface area contributed by atoms with Gasteiger partial charge in [-0.3, -0.25) is 0 Å². The highest BCUT2D eigenvalue weighted by atomic mass is 16.6. The minimum absolute atomic E-state index is 0.290. The molecule has 0 bridgehead atoms. The van der Waals surface area contributed by atoms with Gasteiger partial charge in [-0.2, -0.15) is 0 Å². The van der Waals surface area contributed by atoms with Gasteiger partial charge in [0.2, 0.25) is 0 Å². The Hall–Kier alpha value is -3.02. The van der Waals surface area contributed by atoms with Crippen molar-refractivity contribution < 1.29 is 19.1 Å². The minimum atomic E-state index is -0.299. The van der Waals surface area contributed by atoms with E-state index in [1.807, 2.05) is 60.7 Å². The number of carbonyl (C=O) groups is 2. The van der Waals surface area contributed by atoms with Gasteiger partial charge in [0.25, 0.3) is 0 Å². The number of hydrogen-bond acceptors (Lipinski definition) is 4. The van der Waals surface area contributed by atoms with Crippen molar-refractivity contribution >= 4 is 12.2 Å². The molecule has 2 aliphatic carbocycles. The van der Waals surface area contributed by atoms with Crippen LogP contribution < -0.4 is 10.6 Å². The molecule has 2 aromatic rings. The second-order valence-electron chi connectivity index (χ2n) is 9.12. The summed E-state index contributed by atoms with van der Waals surface area (Å²) in [5.41, 5.74) is 2.03. The summed E-state index contributed by atoms with van der Waals surface area (Å²) in [5.74, 6) is 1.34. The molecular weight excluding hydrogens is 428 g/mol. The van der Waals surface area contributed by atoms with Crippen LogP contribution in [0.4, 0.5) is 9.59 Å². The van der Waals surface area contributed by atoms with Gasteiger partial charge >= 0.3 is 12.2 Å².